The zero-order valence-corrected chi connectivity index (χ0v) is 13.9. The van der Waals surface area contributed by atoms with Crippen LogP contribution in [0.25, 0.3) is 21.8 Å². The summed E-state index contributed by atoms with van der Waals surface area (Å²) in [4.78, 5) is 11.9. The van der Waals surface area contributed by atoms with Crippen LogP contribution < -0.4 is 5.73 Å². The minimum atomic E-state index is -0.371. The number of fused-ring (bicyclic) bond motifs is 3. The van der Waals surface area contributed by atoms with Gasteiger partial charge < -0.3 is 15.0 Å². The van der Waals surface area contributed by atoms with Crippen molar-refractivity contribution < 1.29 is 9.53 Å². The molecule has 4 rings (SSSR count). The number of methoxy groups -OCH3 is 1. The van der Waals surface area contributed by atoms with Gasteiger partial charge in [-0.05, 0) is 42.5 Å². The number of aromatic nitrogens is 1. The number of ether oxygens (including phenoxy) is 1. The smallest absolute Gasteiger partial charge is 0.249 e. The van der Waals surface area contributed by atoms with Gasteiger partial charge in [0.2, 0.25) is 5.91 Å². The van der Waals surface area contributed by atoms with Gasteiger partial charge >= 0.3 is 0 Å². The molecule has 0 unspecified atom stereocenters. The topological polar surface area (TPSA) is 57.2 Å². The molecule has 1 saturated carbocycles. The zero-order valence-electron chi connectivity index (χ0n) is 13.9. The van der Waals surface area contributed by atoms with Crippen LogP contribution in [-0.2, 0) is 17.9 Å². The van der Waals surface area contributed by atoms with E-state index in [0.717, 1.165) is 34.3 Å². The number of nitrogens with two attached hydrogens (primary N) is 1. The number of rotatable bonds is 5. The fourth-order valence-electron chi connectivity index (χ4n) is 3.78. The minimum absolute atomic E-state index is 0.371. The molecule has 0 atom stereocenters. The highest BCUT2D eigenvalue weighted by atomic mass is 16.5. The average molecular weight is 322 g/mol. The van der Waals surface area contributed by atoms with Gasteiger partial charge in [-0.1, -0.05) is 24.6 Å². The number of carbonyl (C=O) groups is 1. The van der Waals surface area contributed by atoms with Crippen LogP contribution in [0.3, 0.4) is 0 Å². The van der Waals surface area contributed by atoms with Gasteiger partial charge in [0.15, 0.2) is 0 Å². The summed E-state index contributed by atoms with van der Waals surface area (Å²) in [7, 11) is 1.71. The molecular weight excluding hydrogens is 300 g/mol. The lowest BCUT2D eigenvalue weighted by Crippen LogP contribution is -2.18. The fourth-order valence-corrected chi connectivity index (χ4v) is 3.78. The Morgan fingerprint density at radius 3 is 2.75 bits per heavy atom. The van der Waals surface area contributed by atoms with Crippen molar-refractivity contribution >= 4 is 27.7 Å². The third-order valence-electron chi connectivity index (χ3n) is 5.20. The Hall–Kier alpha value is -2.33. The first-order chi connectivity index (χ1) is 11.7. The number of carbonyl (C=O) groups excluding carboxylic acids is 1. The van der Waals surface area contributed by atoms with Crippen molar-refractivity contribution in [3.05, 3.63) is 47.5 Å². The summed E-state index contributed by atoms with van der Waals surface area (Å²) in [5.41, 5.74) is 9.64. The molecule has 1 heterocycles. The van der Waals surface area contributed by atoms with Gasteiger partial charge in [-0.3, -0.25) is 4.79 Å². The number of hydrogen-bond acceptors (Lipinski definition) is 2. The molecule has 3 aromatic rings. The highest BCUT2D eigenvalue weighted by Gasteiger charge is 2.22. The number of benzene rings is 2. The highest BCUT2D eigenvalue weighted by molar-refractivity contribution is 6.17. The van der Waals surface area contributed by atoms with E-state index in [1.807, 2.05) is 12.1 Å². The molecule has 24 heavy (non-hydrogen) atoms. The zero-order chi connectivity index (χ0) is 16.7. The Labute approximate surface area is 141 Å². The second kappa shape index (κ2) is 5.95. The monoisotopic (exact) mass is 322 g/mol. The minimum Gasteiger partial charge on any atom is -0.380 e. The second-order valence-electron chi connectivity index (χ2n) is 6.76. The Bertz CT molecular complexity index is 922. The van der Waals surface area contributed by atoms with Crippen molar-refractivity contribution in [3.8, 4) is 0 Å². The SMILES string of the molecule is COCc1ccc2c3c(C(N)=O)cccc3n(CC3CCC3)c2c1. The molecule has 4 nitrogen and oxygen atoms in total. The molecule has 2 N–H and O–H groups in total. The van der Waals surface area contributed by atoms with E-state index in [0.29, 0.717) is 12.2 Å². The lowest BCUT2D eigenvalue weighted by Gasteiger charge is -2.26. The molecule has 124 valence electrons. The van der Waals surface area contributed by atoms with Crippen molar-refractivity contribution in [1.29, 1.82) is 0 Å². The number of primary amides is 1. The van der Waals surface area contributed by atoms with Gasteiger partial charge in [0.05, 0.1) is 6.61 Å². The van der Waals surface area contributed by atoms with Crippen LogP contribution in [0.2, 0.25) is 0 Å². The normalized spacial score (nSPS) is 15.0. The molecule has 0 radical (unpaired) electrons. The molecule has 1 aliphatic rings. The molecular formula is C20H22N2O2. The maximum absolute atomic E-state index is 11.9. The van der Waals surface area contributed by atoms with E-state index in [1.165, 1.54) is 24.8 Å². The summed E-state index contributed by atoms with van der Waals surface area (Å²) < 4.78 is 7.64. The number of nitrogens with zero attached hydrogens (tertiary/aromatic N) is 1. The summed E-state index contributed by atoms with van der Waals surface area (Å²) in [6.07, 6.45) is 3.89. The first-order valence-electron chi connectivity index (χ1n) is 8.51. The van der Waals surface area contributed by atoms with Crippen LogP contribution in [0, 0.1) is 5.92 Å². The standard InChI is InChI=1S/C20H22N2O2/c1-24-12-14-8-9-15-18(10-14)22(11-13-4-2-5-13)17-7-3-6-16(19(15)17)20(21)23/h3,6-10,13H,2,4-5,11-12H2,1H3,(H2,21,23). The van der Waals surface area contributed by atoms with Crippen LogP contribution in [0.1, 0.15) is 35.2 Å². The van der Waals surface area contributed by atoms with E-state index in [2.05, 4.69) is 28.8 Å². The van der Waals surface area contributed by atoms with E-state index in [9.17, 15) is 4.79 Å². The van der Waals surface area contributed by atoms with Gasteiger partial charge in [-0.2, -0.15) is 0 Å². The van der Waals surface area contributed by atoms with Crippen LogP contribution in [0.4, 0.5) is 0 Å². The Morgan fingerprint density at radius 2 is 2.08 bits per heavy atom. The van der Waals surface area contributed by atoms with E-state index in [4.69, 9.17) is 10.5 Å². The molecule has 0 spiro atoms. The highest BCUT2D eigenvalue weighted by Crippen LogP contribution is 2.36. The summed E-state index contributed by atoms with van der Waals surface area (Å²) in [5, 5.41) is 2.07. The van der Waals surface area contributed by atoms with Crippen molar-refractivity contribution in [2.45, 2.75) is 32.4 Å². The van der Waals surface area contributed by atoms with Gasteiger partial charge in [0.25, 0.3) is 0 Å². The van der Waals surface area contributed by atoms with Gasteiger partial charge in [-0.25, -0.2) is 0 Å². The van der Waals surface area contributed by atoms with Crippen LogP contribution in [-0.4, -0.2) is 17.6 Å². The second-order valence-corrected chi connectivity index (χ2v) is 6.76. The Morgan fingerprint density at radius 1 is 1.25 bits per heavy atom. The van der Waals surface area contributed by atoms with E-state index in [1.54, 1.807) is 7.11 Å². The van der Waals surface area contributed by atoms with Gasteiger partial charge in [0, 0.05) is 41.0 Å². The fraction of sp³-hybridized carbons (Fsp3) is 0.350. The van der Waals surface area contributed by atoms with Crippen LogP contribution >= 0.6 is 0 Å². The molecule has 4 heteroatoms. The van der Waals surface area contributed by atoms with Crippen molar-refractivity contribution in [3.63, 3.8) is 0 Å². The summed E-state index contributed by atoms with van der Waals surface area (Å²) >= 11 is 0. The van der Waals surface area contributed by atoms with Crippen LogP contribution in [0.5, 0.6) is 0 Å². The molecule has 0 aliphatic heterocycles. The number of amides is 1. The summed E-state index contributed by atoms with van der Waals surface area (Å²) in [5.74, 6) is 0.358. The molecule has 0 saturated heterocycles. The molecule has 1 aliphatic carbocycles. The Kier molecular flexibility index (Phi) is 3.77. The largest absolute Gasteiger partial charge is 0.380 e. The Balaban J connectivity index is 2.00. The van der Waals surface area contributed by atoms with Crippen molar-refractivity contribution in [2.75, 3.05) is 7.11 Å². The quantitative estimate of drug-likeness (QED) is 0.776. The number of hydrogen-bond donors (Lipinski definition) is 1. The first kappa shape index (κ1) is 15.2. The lowest BCUT2D eigenvalue weighted by molar-refractivity contribution is 0.100. The molecule has 0 bridgehead atoms. The van der Waals surface area contributed by atoms with Crippen LogP contribution in [0.15, 0.2) is 36.4 Å². The van der Waals surface area contributed by atoms with E-state index >= 15 is 0 Å². The van der Waals surface area contributed by atoms with E-state index in [-0.39, 0.29) is 5.91 Å². The maximum atomic E-state index is 11.9. The average Bonchev–Trinajstić information content (AvgIpc) is 2.84. The third-order valence-corrected chi connectivity index (χ3v) is 5.20. The predicted octanol–water partition coefficient (Wildman–Crippen LogP) is 3.84. The predicted molar refractivity (Wildman–Crippen MR) is 96.0 cm³/mol. The third kappa shape index (κ3) is 2.38. The van der Waals surface area contributed by atoms with Crippen molar-refractivity contribution in [2.24, 2.45) is 11.7 Å². The first-order valence-corrected chi connectivity index (χ1v) is 8.51. The van der Waals surface area contributed by atoms with E-state index < -0.39 is 0 Å². The molecule has 1 fully saturated rings. The summed E-state index contributed by atoms with van der Waals surface area (Å²) in [6.45, 7) is 1.59. The summed E-state index contributed by atoms with van der Waals surface area (Å²) in [6, 6.07) is 12.2. The molecule has 1 amide bonds. The molecule has 1 aromatic heterocycles. The van der Waals surface area contributed by atoms with Crippen molar-refractivity contribution in [1.82, 2.24) is 4.57 Å². The maximum Gasteiger partial charge on any atom is 0.249 e. The molecule has 2 aromatic carbocycles. The van der Waals surface area contributed by atoms with Gasteiger partial charge in [0.1, 0.15) is 0 Å². The van der Waals surface area contributed by atoms with Gasteiger partial charge in [-0.15, -0.1) is 0 Å². The lowest BCUT2D eigenvalue weighted by atomic mass is 9.85.